The van der Waals surface area contributed by atoms with Gasteiger partial charge in [-0.3, -0.25) is 0 Å². The lowest BCUT2D eigenvalue weighted by Gasteiger charge is -2.05. The predicted molar refractivity (Wildman–Crippen MR) is 65.0 cm³/mol. The number of benzene rings is 1. The average molecular weight is 232 g/mol. The minimum Gasteiger partial charge on any atom is -0.369 e. The van der Waals surface area contributed by atoms with E-state index in [2.05, 4.69) is 15.3 Å². The topological polar surface area (TPSA) is 63.8 Å². The van der Waals surface area contributed by atoms with Crippen LogP contribution in [0.5, 0.6) is 0 Å². The van der Waals surface area contributed by atoms with Crippen molar-refractivity contribution in [1.29, 1.82) is 0 Å². The summed E-state index contributed by atoms with van der Waals surface area (Å²) in [4.78, 5) is 8.45. The van der Waals surface area contributed by atoms with Crippen LogP contribution in [0.15, 0.2) is 36.5 Å². The first-order valence-corrected chi connectivity index (χ1v) is 5.32. The highest BCUT2D eigenvalue weighted by Gasteiger charge is 2.02. The van der Waals surface area contributed by atoms with Gasteiger partial charge in [0.05, 0.1) is 0 Å². The molecule has 1 heterocycles. The number of nitrogens with two attached hydrogens (primary N) is 1. The van der Waals surface area contributed by atoms with E-state index in [1.54, 1.807) is 24.4 Å². The highest BCUT2D eigenvalue weighted by molar-refractivity contribution is 5.56. The summed E-state index contributed by atoms with van der Waals surface area (Å²) in [6, 6.07) is 7.84. The molecule has 0 saturated carbocycles. The largest absolute Gasteiger partial charge is 0.369 e. The Morgan fingerprint density at radius 2 is 1.94 bits per heavy atom. The van der Waals surface area contributed by atoms with Gasteiger partial charge in [0, 0.05) is 24.8 Å². The van der Waals surface area contributed by atoms with Crippen LogP contribution in [0, 0.1) is 5.82 Å². The minimum absolute atomic E-state index is 0.272. The Bertz CT molecular complexity index is 484. The minimum atomic E-state index is -0.272. The van der Waals surface area contributed by atoms with Crippen LogP contribution in [0.2, 0.25) is 0 Å². The molecule has 1 aromatic heterocycles. The smallest absolute Gasteiger partial charge is 0.161 e. The van der Waals surface area contributed by atoms with Crippen LogP contribution in [0.25, 0.3) is 11.4 Å². The summed E-state index contributed by atoms with van der Waals surface area (Å²) in [5, 5.41) is 3.07. The van der Waals surface area contributed by atoms with Crippen LogP contribution < -0.4 is 11.1 Å². The summed E-state index contributed by atoms with van der Waals surface area (Å²) in [6.45, 7) is 1.19. The normalized spacial score (nSPS) is 10.2. The SMILES string of the molecule is NCCNc1ccnc(-c2ccc(F)cc2)n1. The lowest BCUT2D eigenvalue weighted by atomic mass is 10.2. The molecule has 0 aliphatic carbocycles. The molecule has 0 amide bonds. The fourth-order valence-electron chi connectivity index (χ4n) is 1.40. The molecule has 17 heavy (non-hydrogen) atoms. The molecule has 0 aliphatic heterocycles. The fourth-order valence-corrected chi connectivity index (χ4v) is 1.40. The average Bonchev–Trinajstić information content (AvgIpc) is 2.37. The highest BCUT2D eigenvalue weighted by atomic mass is 19.1. The van der Waals surface area contributed by atoms with E-state index in [0.29, 0.717) is 24.7 Å². The molecule has 0 bridgehead atoms. The molecule has 88 valence electrons. The molecular formula is C12H13FN4. The van der Waals surface area contributed by atoms with Crippen LogP contribution in [-0.4, -0.2) is 23.1 Å². The summed E-state index contributed by atoms with van der Waals surface area (Å²) in [7, 11) is 0. The number of nitrogens with zero attached hydrogens (tertiary/aromatic N) is 2. The van der Waals surface area contributed by atoms with E-state index < -0.39 is 0 Å². The van der Waals surface area contributed by atoms with Gasteiger partial charge >= 0.3 is 0 Å². The molecule has 1 aromatic carbocycles. The monoisotopic (exact) mass is 232 g/mol. The third-order valence-electron chi connectivity index (χ3n) is 2.21. The first-order chi connectivity index (χ1) is 8.29. The van der Waals surface area contributed by atoms with Gasteiger partial charge in [0.1, 0.15) is 11.6 Å². The summed E-state index contributed by atoms with van der Waals surface area (Å²) in [5.41, 5.74) is 6.17. The molecule has 0 radical (unpaired) electrons. The molecule has 4 nitrogen and oxygen atoms in total. The highest BCUT2D eigenvalue weighted by Crippen LogP contribution is 2.16. The number of hydrogen-bond donors (Lipinski definition) is 2. The van der Waals surface area contributed by atoms with Crippen LogP contribution in [0.4, 0.5) is 10.2 Å². The molecule has 0 aliphatic rings. The van der Waals surface area contributed by atoms with Gasteiger partial charge < -0.3 is 11.1 Å². The summed E-state index contributed by atoms with van der Waals surface area (Å²) >= 11 is 0. The first-order valence-electron chi connectivity index (χ1n) is 5.32. The number of aromatic nitrogens is 2. The quantitative estimate of drug-likeness (QED) is 0.841. The molecule has 0 unspecified atom stereocenters. The third-order valence-corrected chi connectivity index (χ3v) is 2.21. The summed E-state index contributed by atoms with van der Waals surface area (Å²) in [5.74, 6) is 1.00. The van der Waals surface area contributed by atoms with Crippen molar-refractivity contribution in [3.05, 3.63) is 42.3 Å². The van der Waals surface area contributed by atoms with E-state index in [0.717, 1.165) is 5.56 Å². The zero-order valence-electron chi connectivity index (χ0n) is 9.23. The van der Waals surface area contributed by atoms with E-state index in [9.17, 15) is 4.39 Å². The zero-order valence-corrected chi connectivity index (χ0v) is 9.23. The second-order valence-corrected chi connectivity index (χ2v) is 3.49. The van der Waals surface area contributed by atoms with Gasteiger partial charge in [-0.2, -0.15) is 0 Å². The van der Waals surface area contributed by atoms with E-state index in [-0.39, 0.29) is 5.82 Å². The number of anilines is 1. The predicted octanol–water partition coefficient (Wildman–Crippen LogP) is 1.65. The van der Waals surface area contributed by atoms with Crippen molar-refractivity contribution < 1.29 is 4.39 Å². The molecule has 0 fully saturated rings. The Labute approximate surface area is 98.7 Å². The Balaban J connectivity index is 2.23. The Kier molecular flexibility index (Phi) is 3.62. The van der Waals surface area contributed by atoms with Crippen molar-refractivity contribution in [2.45, 2.75) is 0 Å². The maximum Gasteiger partial charge on any atom is 0.161 e. The number of rotatable bonds is 4. The third kappa shape index (κ3) is 2.98. The second-order valence-electron chi connectivity index (χ2n) is 3.49. The van der Waals surface area contributed by atoms with Crippen LogP contribution in [-0.2, 0) is 0 Å². The van der Waals surface area contributed by atoms with Gasteiger partial charge in [-0.05, 0) is 30.3 Å². The molecule has 2 aromatic rings. The standard InChI is InChI=1S/C12H13FN4/c13-10-3-1-9(2-4-10)12-16-7-5-11(17-12)15-8-6-14/h1-5,7H,6,8,14H2,(H,15,16,17). The maximum absolute atomic E-state index is 12.8. The van der Waals surface area contributed by atoms with E-state index >= 15 is 0 Å². The number of halogens is 1. The molecule has 0 atom stereocenters. The number of hydrogen-bond acceptors (Lipinski definition) is 4. The molecule has 3 N–H and O–H groups in total. The molecule has 5 heteroatoms. The van der Waals surface area contributed by atoms with Crippen molar-refractivity contribution in [3.8, 4) is 11.4 Å². The molecule has 0 saturated heterocycles. The molecular weight excluding hydrogens is 219 g/mol. The Morgan fingerprint density at radius 1 is 1.18 bits per heavy atom. The fraction of sp³-hybridized carbons (Fsp3) is 0.167. The molecule has 0 spiro atoms. The number of nitrogens with one attached hydrogen (secondary N) is 1. The van der Waals surface area contributed by atoms with Crippen molar-refractivity contribution in [2.75, 3.05) is 18.4 Å². The van der Waals surface area contributed by atoms with E-state index in [1.807, 2.05) is 0 Å². The van der Waals surface area contributed by atoms with Crippen LogP contribution in [0.1, 0.15) is 0 Å². The van der Waals surface area contributed by atoms with Gasteiger partial charge in [-0.25, -0.2) is 14.4 Å². The van der Waals surface area contributed by atoms with Crippen molar-refractivity contribution in [1.82, 2.24) is 9.97 Å². The van der Waals surface area contributed by atoms with Gasteiger partial charge in [0.2, 0.25) is 0 Å². The Hall–Kier alpha value is -2.01. The Morgan fingerprint density at radius 3 is 2.65 bits per heavy atom. The van der Waals surface area contributed by atoms with Crippen LogP contribution in [0.3, 0.4) is 0 Å². The van der Waals surface area contributed by atoms with Crippen molar-refractivity contribution in [3.63, 3.8) is 0 Å². The second kappa shape index (κ2) is 5.36. The van der Waals surface area contributed by atoms with Gasteiger partial charge in [-0.1, -0.05) is 0 Å². The lowest BCUT2D eigenvalue weighted by molar-refractivity contribution is 0.628. The van der Waals surface area contributed by atoms with Gasteiger partial charge in [0.25, 0.3) is 0 Å². The van der Waals surface area contributed by atoms with E-state index in [4.69, 9.17) is 5.73 Å². The van der Waals surface area contributed by atoms with Gasteiger partial charge in [-0.15, -0.1) is 0 Å². The maximum atomic E-state index is 12.8. The van der Waals surface area contributed by atoms with E-state index in [1.165, 1.54) is 12.1 Å². The lowest BCUT2D eigenvalue weighted by Crippen LogP contribution is -2.14. The zero-order chi connectivity index (χ0) is 12.1. The summed E-state index contributed by atoms with van der Waals surface area (Å²) in [6.07, 6.45) is 1.66. The molecule has 2 rings (SSSR count). The van der Waals surface area contributed by atoms with Crippen molar-refractivity contribution in [2.24, 2.45) is 5.73 Å². The van der Waals surface area contributed by atoms with Crippen molar-refractivity contribution >= 4 is 5.82 Å². The van der Waals surface area contributed by atoms with Gasteiger partial charge in [0.15, 0.2) is 5.82 Å². The summed E-state index contributed by atoms with van der Waals surface area (Å²) < 4.78 is 12.8. The first kappa shape index (κ1) is 11.5. The van der Waals surface area contributed by atoms with Crippen LogP contribution >= 0.6 is 0 Å².